The van der Waals surface area contributed by atoms with E-state index in [4.69, 9.17) is 63.1 Å². The van der Waals surface area contributed by atoms with E-state index in [9.17, 15) is 0 Å². The molecule has 0 saturated heterocycles. The number of aromatic nitrogens is 4. The van der Waals surface area contributed by atoms with Crippen LogP contribution in [0.1, 0.15) is 170 Å². The van der Waals surface area contributed by atoms with E-state index in [2.05, 4.69) is 60.6 Å². The molecule has 115 heavy (non-hydrogen) atoms. The van der Waals surface area contributed by atoms with E-state index in [-0.39, 0.29) is 47.1 Å². The highest BCUT2D eigenvalue weighted by atomic mass is 16.3. The Bertz CT molecular complexity index is 7600. The summed E-state index contributed by atoms with van der Waals surface area (Å²) in [7, 11) is 7.53. The second-order valence-electron chi connectivity index (χ2n) is 31.4. The minimum atomic E-state index is -2.73. The Kier molecular flexibility index (Phi) is 17.9. The molecule has 1 atom stereocenters. The van der Waals surface area contributed by atoms with Crippen molar-refractivity contribution < 1.29 is 55.1 Å². The van der Waals surface area contributed by atoms with Crippen LogP contribution in [0.4, 0.5) is 22.7 Å². The Balaban J connectivity index is 0.000000147. The summed E-state index contributed by atoms with van der Waals surface area (Å²) in [5, 5.41) is 7.06. The van der Waals surface area contributed by atoms with Crippen LogP contribution in [0, 0.1) is 127 Å². The molecule has 0 saturated carbocycles. The Morgan fingerprint density at radius 3 is 1.06 bits per heavy atom. The molecule has 0 aliphatic heterocycles. The lowest BCUT2D eigenvalue weighted by atomic mass is 9.96. The minimum absolute atomic E-state index is 0.00132. The first kappa shape index (κ1) is 64.0. The van der Waals surface area contributed by atoms with Crippen LogP contribution in [0.25, 0.3) is 152 Å². The van der Waals surface area contributed by atoms with Gasteiger partial charge >= 0.3 is 0 Å². The molecule has 16 aromatic rings. The first-order valence-corrected chi connectivity index (χ1v) is 38.7. The minimum Gasteiger partial charge on any atom is -0.455 e. The van der Waals surface area contributed by atoms with Crippen LogP contribution in [0.3, 0.4) is 0 Å². The van der Waals surface area contributed by atoms with Gasteiger partial charge in [-0.15, -0.1) is 0 Å². The predicted molar refractivity (Wildman–Crippen MR) is 473 cm³/mol. The van der Waals surface area contributed by atoms with Gasteiger partial charge in [-0.3, -0.25) is 0 Å². The maximum Gasteiger partial charge on any atom is 0.216 e. The third-order valence-corrected chi connectivity index (χ3v) is 21.6. The fraction of sp³-hybridized carbons (Fsp3) is 0.301. The van der Waals surface area contributed by atoms with E-state index in [1.54, 1.807) is 63.1 Å². The standard InChI is InChI=1S/3C26H27N2O.C25H25N2O/c2*1-15(2)10-19-12-18(5)28(7)23(13-19)24-16(3)8-9-21-22-14-20(27-6)11-17(4)25(22)29-26(21)24;1-15(2)10-19-12-18(5)28(7)23(13-19)25-16(3)8-9-20-21-14-22(27-6)17(4)11-24(21)29-26(20)25;1-14(2)18-11-17(5)27(7)22(12-18)24-15(3)8-9-19-20-13-21(26-6)16(4)10-23(20)28-25(19)24/h3*8-9,11-15H,10H2,1-5,7H3;8-14H,1-5,7H3/q4*+1/i10D2,12D,13D;2*10D2;1D3,11D,12D,14D. The maximum absolute atomic E-state index is 9.06. The summed E-state index contributed by atoms with van der Waals surface area (Å²) in [5.41, 5.74) is 25.4. The van der Waals surface area contributed by atoms with E-state index in [1.165, 1.54) is 6.92 Å². The van der Waals surface area contributed by atoms with Crippen molar-refractivity contribution in [1.82, 2.24) is 0 Å². The van der Waals surface area contributed by atoms with Crippen LogP contribution in [-0.2, 0) is 47.3 Å². The van der Waals surface area contributed by atoms with Crippen molar-refractivity contribution in [3.63, 3.8) is 0 Å². The van der Waals surface area contributed by atoms with Gasteiger partial charge in [-0.05, 0) is 213 Å². The van der Waals surface area contributed by atoms with Crippen molar-refractivity contribution in [2.24, 2.45) is 45.9 Å². The summed E-state index contributed by atoms with van der Waals surface area (Å²) in [4.78, 5) is 14.4. The Labute approximate surface area is 697 Å². The van der Waals surface area contributed by atoms with E-state index < -0.39 is 37.8 Å². The molecule has 0 fully saturated rings. The van der Waals surface area contributed by atoms with E-state index >= 15 is 0 Å². The number of pyridine rings is 4. The molecular formula is C103H106N8O4+4. The summed E-state index contributed by atoms with van der Waals surface area (Å²) >= 11 is 0. The highest BCUT2D eigenvalue weighted by Crippen LogP contribution is 2.45. The monoisotopic (exact) mass is 1530 g/mol. The molecule has 0 bridgehead atoms. The molecule has 8 aromatic heterocycles. The van der Waals surface area contributed by atoms with Gasteiger partial charge in [0.25, 0.3) is 0 Å². The van der Waals surface area contributed by atoms with Gasteiger partial charge in [-0.1, -0.05) is 104 Å². The molecule has 0 radical (unpaired) electrons. The lowest BCUT2D eigenvalue weighted by Gasteiger charge is -2.11. The lowest BCUT2D eigenvalue weighted by molar-refractivity contribution is -0.666. The number of nitrogens with zero attached hydrogens (tertiary/aromatic N) is 8. The molecule has 0 amide bonds. The number of furan rings is 4. The van der Waals surface area contributed by atoms with E-state index in [0.29, 0.717) is 90.1 Å². The van der Waals surface area contributed by atoms with Gasteiger partial charge < -0.3 is 17.7 Å². The Hall–Kier alpha value is -12.5. The van der Waals surface area contributed by atoms with Crippen molar-refractivity contribution in [2.75, 3.05) is 0 Å². The summed E-state index contributed by atoms with van der Waals surface area (Å²) in [6, 6.07) is 38.3. The number of fused-ring (bicyclic) bond motifs is 12. The van der Waals surface area contributed by atoms with Gasteiger partial charge in [0.15, 0.2) is 45.5 Å². The quantitative estimate of drug-likeness (QED) is 0.0954. The van der Waals surface area contributed by atoms with Crippen LogP contribution in [0.5, 0.6) is 0 Å². The Morgan fingerprint density at radius 2 is 0.687 bits per heavy atom. The molecule has 0 spiro atoms. The maximum atomic E-state index is 9.06. The molecule has 16 rings (SSSR count). The van der Waals surface area contributed by atoms with Gasteiger partial charge in [-0.2, -0.15) is 18.3 Å². The molecule has 8 aromatic carbocycles. The fourth-order valence-electron chi connectivity index (χ4n) is 15.4. The lowest BCUT2D eigenvalue weighted by Crippen LogP contribution is -2.35. The number of benzene rings is 8. The van der Waals surface area contributed by atoms with Crippen LogP contribution >= 0.6 is 0 Å². The van der Waals surface area contributed by atoms with Gasteiger partial charge in [-0.25, -0.2) is 19.4 Å². The highest BCUT2D eigenvalue weighted by Gasteiger charge is 2.30. The fourth-order valence-corrected chi connectivity index (χ4v) is 15.4. The van der Waals surface area contributed by atoms with E-state index in [0.717, 1.165) is 144 Å². The van der Waals surface area contributed by atoms with Crippen molar-refractivity contribution in [1.29, 1.82) is 0 Å². The molecule has 578 valence electrons. The van der Waals surface area contributed by atoms with Crippen molar-refractivity contribution in [3.05, 3.63) is 281 Å². The van der Waals surface area contributed by atoms with Gasteiger partial charge in [0.2, 0.25) is 22.8 Å². The molecule has 12 nitrogen and oxygen atoms in total. The molecular weight excluding hydrogens is 1410 g/mol. The van der Waals surface area contributed by atoms with Gasteiger partial charge in [0.05, 0.1) is 54.0 Å². The number of hydrogen-bond acceptors (Lipinski definition) is 4. The zero-order valence-corrected chi connectivity index (χ0v) is 70.0. The summed E-state index contributed by atoms with van der Waals surface area (Å²) in [6.07, 6.45) is -4.71. The number of hydrogen-bond donors (Lipinski definition) is 0. The highest BCUT2D eigenvalue weighted by molar-refractivity contribution is 6.15. The van der Waals surface area contributed by atoms with Gasteiger partial charge in [0.1, 0.15) is 72.9 Å². The van der Waals surface area contributed by atoms with E-state index in [1.807, 2.05) is 188 Å². The summed E-state index contributed by atoms with van der Waals surface area (Å²) < 4.78 is 153. The third kappa shape index (κ3) is 15.4. The number of aryl methyl sites for hydroxylation is 10. The van der Waals surface area contributed by atoms with Crippen molar-refractivity contribution in [3.8, 4) is 45.0 Å². The smallest absolute Gasteiger partial charge is 0.216 e. The average molecular weight is 1530 g/mol. The topological polar surface area (TPSA) is 85.5 Å². The summed E-state index contributed by atoms with van der Waals surface area (Å²) in [5.74, 6) is -2.84. The average Bonchev–Trinajstić information content (AvgIpc) is 1.72. The molecule has 0 N–H and O–H groups in total. The SMILES string of the molecule is [2H]C([2H])(c1cc(C)[n+](C)c(-c2c(C)ccc3c2oc2c(C)cc([N+]#[C-])cc23)c1)C(C)C.[2H]C([2H])(c1cc(C)[n+](C)c(-c2c(C)ccc3c2oc2cc(C)c([N+]#[C-])cc23)c1)C(C)C.[2H]c1c(C([2H])(C)C([2H])([2H])[2H])c([2H])c(-c2c(C)ccc3c2oc2cc(C)c([N+]#[C-])cc23)[n+](C)c1C.[2H]c1c(C([2H])([2H])C(C)C)c([2H])c(-c2c(C)ccc3c2oc2c(C)cc([N+]#[C-])cc23)[n+](C)c1C. The van der Waals surface area contributed by atoms with Crippen molar-refractivity contribution >= 4 is 111 Å². The second kappa shape index (κ2) is 32.2. The molecule has 0 aliphatic carbocycles. The Morgan fingerprint density at radius 1 is 0.339 bits per heavy atom. The molecule has 0 aliphatic rings. The summed E-state index contributed by atoms with van der Waals surface area (Å²) in [6.45, 7) is 62.5. The molecule has 8 heterocycles. The van der Waals surface area contributed by atoms with Crippen LogP contribution in [0.15, 0.2) is 163 Å². The number of rotatable bonds is 11. The first-order chi connectivity index (χ1) is 60.2. The van der Waals surface area contributed by atoms with Crippen LogP contribution in [0.2, 0.25) is 0 Å². The zero-order chi connectivity index (χ0) is 95.1. The largest absolute Gasteiger partial charge is 0.455 e. The molecule has 1 unspecified atom stereocenters. The normalized spacial score (nSPS) is 14.3. The first-order valence-electron chi connectivity index (χ1n) is 45.7. The zero-order valence-electron chi connectivity index (χ0n) is 84.0. The van der Waals surface area contributed by atoms with Gasteiger partial charge in [0, 0.05) is 133 Å². The van der Waals surface area contributed by atoms with Crippen LogP contribution < -0.4 is 18.3 Å². The molecule has 12 heteroatoms. The predicted octanol–water partition coefficient (Wildman–Crippen LogP) is 26.9. The van der Waals surface area contributed by atoms with Crippen LogP contribution in [-0.4, -0.2) is 0 Å². The second-order valence-corrected chi connectivity index (χ2v) is 31.4. The van der Waals surface area contributed by atoms with Crippen molar-refractivity contribution in [2.45, 2.75) is 163 Å². The third-order valence-electron chi connectivity index (χ3n) is 21.6.